The van der Waals surface area contributed by atoms with Crippen LogP contribution in [-0.2, 0) is 0 Å². The van der Waals surface area contributed by atoms with Gasteiger partial charge in [-0.2, -0.15) is 0 Å². The van der Waals surface area contributed by atoms with Crippen LogP contribution in [-0.4, -0.2) is 155 Å². The van der Waals surface area contributed by atoms with E-state index in [9.17, 15) is 0 Å². The van der Waals surface area contributed by atoms with Crippen molar-refractivity contribution in [1.29, 1.82) is 0 Å². The lowest BCUT2D eigenvalue weighted by molar-refractivity contribution is -0.870. The van der Waals surface area contributed by atoms with Crippen LogP contribution >= 0.6 is 0 Å². The van der Waals surface area contributed by atoms with Gasteiger partial charge < -0.3 is 36.9 Å². The number of hydrogen-bond donors (Lipinski definition) is 0. The molecule has 0 atom stereocenters. The second kappa shape index (κ2) is 20.7. The molecule has 0 aliphatic rings. The van der Waals surface area contributed by atoms with Crippen molar-refractivity contribution in [2.24, 2.45) is 0 Å². The maximum Gasteiger partial charge on any atom is 0.123 e. The Morgan fingerprint density at radius 3 is 0.778 bits per heavy atom. The van der Waals surface area contributed by atoms with Crippen LogP contribution in [0.25, 0.3) is 24.3 Å². The van der Waals surface area contributed by atoms with E-state index in [1.54, 1.807) is 0 Å². The molecule has 0 radical (unpaired) electrons. The molecule has 0 saturated carbocycles. The van der Waals surface area contributed by atoms with Crippen molar-refractivity contribution in [3.63, 3.8) is 0 Å². The number of quaternary nitrogens is 4. The third-order valence-corrected chi connectivity index (χ3v) is 8.65. The Hall–Kier alpha value is -3.82. The molecule has 0 aliphatic carbocycles. The molecule has 0 saturated heterocycles. The van der Waals surface area contributed by atoms with Gasteiger partial charge in [0.25, 0.3) is 0 Å². The summed E-state index contributed by atoms with van der Waals surface area (Å²) in [6.45, 7) is 6.95. The number of ether oxygens (including phenoxy) is 4. The second-order valence-electron chi connectivity index (χ2n) is 18.7. The molecule has 0 spiro atoms. The largest absolute Gasteiger partial charge is 0.493 e. The number of nitrogens with zero attached hydrogens (tertiary/aromatic N) is 4. The Morgan fingerprint density at radius 2 is 0.556 bits per heavy atom. The molecule has 298 valence electrons. The molecule has 0 N–H and O–H groups in total. The monoisotopic (exact) mass is 747 g/mol. The van der Waals surface area contributed by atoms with Crippen molar-refractivity contribution in [2.75, 3.05) is 137 Å². The van der Waals surface area contributed by atoms with Gasteiger partial charge in [0.15, 0.2) is 0 Å². The molecule has 0 amide bonds. The quantitative estimate of drug-likeness (QED) is 0.0531. The van der Waals surface area contributed by atoms with Gasteiger partial charge in [0, 0.05) is 37.8 Å². The van der Waals surface area contributed by atoms with Gasteiger partial charge in [-0.15, -0.1) is 0 Å². The zero-order valence-electron chi connectivity index (χ0n) is 36.0. The van der Waals surface area contributed by atoms with Crippen LogP contribution < -0.4 is 18.9 Å². The summed E-state index contributed by atoms with van der Waals surface area (Å²) in [7, 11) is 26.5. The van der Waals surface area contributed by atoms with Crippen LogP contribution in [0.1, 0.15) is 47.9 Å². The Morgan fingerprint density at radius 1 is 0.333 bits per heavy atom. The van der Waals surface area contributed by atoms with Crippen molar-refractivity contribution < 1.29 is 36.9 Å². The molecule has 0 heterocycles. The van der Waals surface area contributed by atoms with Gasteiger partial charge in [0.05, 0.1) is 137 Å². The maximum absolute atomic E-state index is 6.21. The molecule has 3 aromatic carbocycles. The van der Waals surface area contributed by atoms with E-state index in [-0.39, 0.29) is 0 Å². The van der Waals surface area contributed by atoms with Gasteiger partial charge in [0.1, 0.15) is 23.0 Å². The molecule has 0 bridgehead atoms. The smallest absolute Gasteiger partial charge is 0.123 e. The van der Waals surface area contributed by atoms with Crippen LogP contribution in [0, 0.1) is 0 Å². The summed E-state index contributed by atoms with van der Waals surface area (Å²) in [5.41, 5.74) is 4.36. The van der Waals surface area contributed by atoms with E-state index in [0.29, 0.717) is 26.4 Å². The molecule has 0 fully saturated rings. The van der Waals surface area contributed by atoms with Crippen LogP contribution in [0.2, 0.25) is 0 Å². The summed E-state index contributed by atoms with van der Waals surface area (Å²) in [5.74, 6) is 3.38. The lowest BCUT2D eigenvalue weighted by Gasteiger charge is -2.24. The highest BCUT2D eigenvalue weighted by Crippen LogP contribution is 2.27. The molecule has 8 nitrogen and oxygen atoms in total. The molecular formula is C46H74N4O4+4. The summed E-state index contributed by atoms with van der Waals surface area (Å²) in [6, 6.07) is 21.0. The van der Waals surface area contributed by atoms with E-state index >= 15 is 0 Å². The van der Waals surface area contributed by atoms with Crippen molar-refractivity contribution in [3.8, 4) is 23.0 Å². The van der Waals surface area contributed by atoms with Crippen molar-refractivity contribution >= 4 is 24.3 Å². The third-order valence-electron chi connectivity index (χ3n) is 8.65. The fraction of sp³-hybridized carbons (Fsp3) is 0.522. The van der Waals surface area contributed by atoms with Crippen LogP contribution in [0.15, 0.2) is 60.7 Å². The summed E-state index contributed by atoms with van der Waals surface area (Å²) >= 11 is 0. The minimum absolute atomic E-state index is 0.679. The average Bonchev–Trinajstić information content (AvgIpc) is 3.06. The molecule has 3 rings (SSSR count). The minimum atomic E-state index is 0.679. The van der Waals surface area contributed by atoms with Crippen LogP contribution in [0.4, 0.5) is 0 Å². The highest BCUT2D eigenvalue weighted by atomic mass is 16.5. The van der Waals surface area contributed by atoms with Gasteiger partial charge in [-0.25, -0.2) is 0 Å². The topological polar surface area (TPSA) is 36.9 Å². The van der Waals surface area contributed by atoms with E-state index in [2.05, 4.69) is 157 Å². The zero-order valence-corrected chi connectivity index (χ0v) is 36.0. The predicted octanol–water partition coefficient (Wildman–Crippen LogP) is 7.93. The zero-order chi connectivity index (χ0) is 39.8. The summed E-state index contributed by atoms with van der Waals surface area (Å²) in [6.07, 6.45) is 12.5. The van der Waals surface area contributed by atoms with Gasteiger partial charge in [-0.3, -0.25) is 0 Å². The highest BCUT2D eigenvalue weighted by molar-refractivity contribution is 5.74. The first-order valence-corrected chi connectivity index (χ1v) is 19.7. The third kappa shape index (κ3) is 20.6. The molecule has 8 heteroatoms. The summed E-state index contributed by atoms with van der Waals surface area (Å²) < 4.78 is 28.5. The first-order chi connectivity index (χ1) is 25.2. The second-order valence-corrected chi connectivity index (χ2v) is 18.7. The van der Waals surface area contributed by atoms with Gasteiger partial charge >= 0.3 is 0 Å². The standard InChI is InChI=1S/C46H74N4O4/c1-47(2,3)25-13-29-51-43-33-41(34-44(37-43)52-30-14-26-48(4,5)6)23-21-39-17-19-40(20-18-39)22-24-42-35-45(53-31-15-27-49(7,8)9)38-46(36-42)54-32-16-28-50(10,11)12/h17-24,33-38H,13-16,25-32H2,1-12H3/q+4/b23-21+,24-22+. The fourth-order valence-corrected chi connectivity index (χ4v) is 5.73. The Balaban J connectivity index is 1.70. The first kappa shape index (κ1) is 44.6. The summed E-state index contributed by atoms with van der Waals surface area (Å²) in [4.78, 5) is 0. The van der Waals surface area contributed by atoms with E-state index in [1.165, 1.54) is 0 Å². The van der Waals surface area contributed by atoms with Crippen molar-refractivity contribution in [1.82, 2.24) is 0 Å². The lowest BCUT2D eigenvalue weighted by Crippen LogP contribution is -2.36. The Labute approximate surface area is 329 Å². The van der Waals surface area contributed by atoms with E-state index < -0.39 is 0 Å². The normalized spacial score (nSPS) is 12.8. The molecule has 54 heavy (non-hydrogen) atoms. The SMILES string of the molecule is C[N+](C)(C)CCCOc1cc(/C=C/c2ccc(/C=C/c3cc(OCCC[N+](C)(C)C)cc(OCCC[N+](C)(C)C)c3)cc2)cc(OCCC[N+](C)(C)C)c1. The molecule has 3 aromatic rings. The maximum atomic E-state index is 6.21. The van der Waals surface area contributed by atoms with Crippen molar-refractivity contribution in [3.05, 3.63) is 82.9 Å². The van der Waals surface area contributed by atoms with Crippen molar-refractivity contribution in [2.45, 2.75) is 25.7 Å². The van der Waals surface area contributed by atoms with E-state index in [4.69, 9.17) is 18.9 Å². The lowest BCUT2D eigenvalue weighted by atomic mass is 10.1. The molecule has 0 aromatic heterocycles. The Kier molecular flexibility index (Phi) is 17.1. The number of rotatable bonds is 24. The first-order valence-electron chi connectivity index (χ1n) is 19.7. The van der Waals surface area contributed by atoms with Crippen LogP contribution in [0.5, 0.6) is 23.0 Å². The number of benzene rings is 3. The number of hydrogen-bond acceptors (Lipinski definition) is 4. The molecule has 0 aliphatic heterocycles. The average molecular weight is 747 g/mol. The minimum Gasteiger partial charge on any atom is -0.493 e. The van der Waals surface area contributed by atoms with Gasteiger partial charge in [-0.1, -0.05) is 48.6 Å². The van der Waals surface area contributed by atoms with Crippen LogP contribution in [0.3, 0.4) is 0 Å². The van der Waals surface area contributed by atoms with E-state index in [1.807, 2.05) is 12.1 Å². The Bertz CT molecular complexity index is 1400. The van der Waals surface area contributed by atoms with Gasteiger partial charge in [0.2, 0.25) is 0 Å². The molecule has 0 unspecified atom stereocenters. The summed E-state index contributed by atoms with van der Waals surface area (Å²) in [5, 5.41) is 0. The van der Waals surface area contributed by atoms with E-state index in [0.717, 1.165) is 115 Å². The van der Waals surface area contributed by atoms with Gasteiger partial charge in [-0.05, 0) is 46.5 Å². The highest BCUT2D eigenvalue weighted by Gasteiger charge is 2.11. The predicted molar refractivity (Wildman–Crippen MR) is 229 cm³/mol. The molecular weight excluding hydrogens is 673 g/mol. The fourth-order valence-electron chi connectivity index (χ4n) is 5.73.